The summed E-state index contributed by atoms with van der Waals surface area (Å²) in [6, 6.07) is 19.9. The summed E-state index contributed by atoms with van der Waals surface area (Å²) >= 11 is 1.56. The van der Waals surface area contributed by atoms with Crippen LogP contribution in [0.5, 0.6) is 0 Å². The summed E-state index contributed by atoms with van der Waals surface area (Å²) in [5.74, 6) is 0. The van der Waals surface area contributed by atoms with E-state index < -0.39 is 0 Å². The minimum atomic E-state index is -0.0395. The lowest BCUT2D eigenvalue weighted by atomic mass is 10.1. The summed E-state index contributed by atoms with van der Waals surface area (Å²) in [7, 11) is 0. The minimum Gasteiger partial charge on any atom is -0.340 e. The molecule has 0 amide bonds. The molecule has 126 valence electrons. The summed E-state index contributed by atoms with van der Waals surface area (Å²) < 4.78 is 1.74. The van der Waals surface area contributed by atoms with E-state index in [2.05, 4.69) is 4.98 Å². The molecule has 1 N–H and O–H groups in total. The Kier molecular flexibility index (Phi) is 3.30. The molecule has 5 aromatic rings. The molecule has 0 unspecified atom stereocenters. The number of pyridine rings is 1. The van der Waals surface area contributed by atoms with Gasteiger partial charge in [-0.25, -0.2) is 4.98 Å². The number of rotatable bonds is 2. The number of fused-ring (bicyclic) bond motifs is 3. The second-order valence-corrected chi connectivity index (χ2v) is 7.13. The Balaban J connectivity index is 1.76. The van der Waals surface area contributed by atoms with Crippen molar-refractivity contribution in [3.8, 4) is 21.8 Å². The van der Waals surface area contributed by atoms with Crippen LogP contribution in [0.2, 0.25) is 0 Å². The van der Waals surface area contributed by atoms with Crippen molar-refractivity contribution >= 4 is 28.0 Å². The third-order valence-corrected chi connectivity index (χ3v) is 5.49. The third kappa shape index (κ3) is 2.21. The molecule has 2 aromatic carbocycles. The Hall–Kier alpha value is -3.18. The molecule has 3 aromatic heterocycles. The average molecular weight is 357 g/mol. The number of para-hydroxylation sites is 2. The number of H-pyrrole nitrogens is 1. The predicted molar refractivity (Wildman–Crippen MR) is 107 cm³/mol. The predicted octanol–water partition coefficient (Wildman–Crippen LogP) is 4.88. The van der Waals surface area contributed by atoms with Crippen LogP contribution >= 0.6 is 11.3 Å². The standard InChI is InChI=1S/C21H15N3OS/c1-13-11-18-22-15-9-5-6-10-17(15)24(18)21(25)19(13)16-12-26-20(23-16)14-7-3-2-4-8-14/h2-12,22H,1H3. The number of aromatic nitrogens is 3. The number of thiazole rings is 1. The van der Waals surface area contributed by atoms with Gasteiger partial charge in [0.1, 0.15) is 10.7 Å². The van der Waals surface area contributed by atoms with E-state index >= 15 is 0 Å². The minimum absolute atomic E-state index is 0.0395. The van der Waals surface area contributed by atoms with E-state index in [1.54, 1.807) is 15.7 Å². The van der Waals surface area contributed by atoms with Gasteiger partial charge in [-0.3, -0.25) is 9.20 Å². The molecule has 0 bridgehead atoms. The van der Waals surface area contributed by atoms with Gasteiger partial charge in [0.2, 0.25) is 0 Å². The van der Waals surface area contributed by atoms with Crippen molar-refractivity contribution < 1.29 is 0 Å². The van der Waals surface area contributed by atoms with E-state index in [4.69, 9.17) is 4.98 Å². The molecule has 0 spiro atoms. The average Bonchev–Trinajstić information content (AvgIpc) is 3.27. The van der Waals surface area contributed by atoms with Crippen molar-refractivity contribution in [2.24, 2.45) is 0 Å². The molecule has 3 heterocycles. The fourth-order valence-corrected chi connectivity index (χ4v) is 4.21. The second-order valence-electron chi connectivity index (χ2n) is 6.27. The number of nitrogens with zero attached hydrogens (tertiary/aromatic N) is 2. The Labute approximate surface area is 153 Å². The first-order valence-corrected chi connectivity index (χ1v) is 9.25. The Morgan fingerprint density at radius 3 is 2.65 bits per heavy atom. The SMILES string of the molecule is Cc1cc2[nH]c3ccccc3n2c(=O)c1-c1csc(-c2ccccc2)n1. The van der Waals surface area contributed by atoms with Crippen LogP contribution in [0.3, 0.4) is 0 Å². The molecule has 0 aliphatic rings. The molecule has 0 saturated carbocycles. The normalized spacial score (nSPS) is 11.4. The van der Waals surface area contributed by atoms with Crippen LogP contribution in [0.4, 0.5) is 0 Å². The van der Waals surface area contributed by atoms with Crippen LogP contribution in [-0.2, 0) is 0 Å². The van der Waals surface area contributed by atoms with Gasteiger partial charge in [0.25, 0.3) is 5.56 Å². The van der Waals surface area contributed by atoms with Crippen molar-refractivity contribution in [1.29, 1.82) is 0 Å². The highest BCUT2D eigenvalue weighted by Crippen LogP contribution is 2.29. The van der Waals surface area contributed by atoms with Crippen LogP contribution in [0.25, 0.3) is 38.5 Å². The number of hydrogen-bond acceptors (Lipinski definition) is 3. The number of nitrogens with one attached hydrogen (secondary N) is 1. The van der Waals surface area contributed by atoms with Gasteiger partial charge in [-0.1, -0.05) is 42.5 Å². The quantitative estimate of drug-likeness (QED) is 0.489. The zero-order valence-corrected chi connectivity index (χ0v) is 14.9. The first-order chi connectivity index (χ1) is 12.7. The number of hydrogen-bond donors (Lipinski definition) is 1. The van der Waals surface area contributed by atoms with Crippen LogP contribution < -0.4 is 5.56 Å². The van der Waals surface area contributed by atoms with Crippen molar-refractivity contribution in [2.75, 3.05) is 0 Å². The van der Waals surface area contributed by atoms with E-state index in [0.717, 1.165) is 38.5 Å². The lowest BCUT2D eigenvalue weighted by Gasteiger charge is -2.04. The summed E-state index contributed by atoms with van der Waals surface area (Å²) in [4.78, 5) is 21.3. The van der Waals surface area contributed by atoms with Crippen molar-refractivity contribution in [3.05, 3.63) is 82.0 Å². The molecule has 0 fully saturated rings. The largest absolute Gasteiger partial charge is 0.340 e. The van der Waals surface area contributed by atoms with Gasteiger partial charge in [0, 0.05) is 10.9 Å². The van der Waals surface area contributed by atoms with Crippen molar-refractivity contribution in [3.63, 3.8) is 0 Å². The smallest absolute Gasteiger partial charge is 0.266 e. The summed E-state index contributed by atoms with van der Waals surface area (Å²) in [5.41, 5.74) is 5.97. The van der Waals surface area contributed by atoms with Crippen LogP contribution in [0, 0.1) is 6.92 Å². The molecule has 0 aliphatic carbocycles. The summed E-state index contributed by atoms with van der Waals surface area (Å²) in [6.07, 6.45) is 0. The lowest BCUT2D eigenvalue weighted by molar-refractivity contribution is 1.13. The molecular weight excluding hydrogens is 342 g/mol. The van der Waals surface area contributed by atoms with Gasteiger partial charge in [-0.2, -0.15) is 0 Å². The fraction of sp³-hybridized carbons (Fsp3) is 0.0476. The van der Waals surface area contributed by atoms with E-state index in [0.29, 0.717) is 5.56 Å². The molecule has 26 heavy (non-hydrogen) atoms. The fourth-order valence-electron chi connectivity index (χ4n) is 3.39. The second kappa shape index (κ2) is 5.68. The highest BCUT2D eigenvalue weighted by molar-refractivity contribution is 7.13. The first kappa shape index (κ1) is 15.1. The van der Waals surface area contributed by atoms with Crippen LogP contribution in [-0.4, -0.2) is 14.4 Å². The summed E-state index contributed by atoms with van der Waals surface area (Å²) in [6.45, 7) is 1.96. The van der Waals surface area contributed by atoms with Crippen LogP contribution in [0.15, 0.2) is 70.8 Å². The highest BCUT2D eigenvalue weighted by atomic mass is 32.1. The number of benzene rings is 2. The molecule has 0 atom stereocenters. The number of imidazole rings is 1. The van der Waals surface area contributed by atoms with E-state index in [1.165, 1.54) is 0 Å². The lowest BCUT2D eigenvalue weighted by Crippen LogP contribution is -2.16. The Morgan fingerprint density at radius 2 is 1.81 bits per heavy atom. The maximum atomic E-state index is 13.3. The molecule has 0 saturated heterocycles. The zero-order chi connectivity index (χ0) is 17.7. The maximum absolute atomic E-state index is 13.3. The zero-order valence-electron chi connectivity index (χ0n) is 14.1. The van der Waals surface area contributed by atoms with Gasteiger partial charge < -0.3 is 4.98 Å². The third-order valence-electron chi connectivity index (χ3n) is 4.59. The number of aromatic amines is 1. The molecule has 0 aliphatic heterocycles. The van der Waals surface area contributed by atoms with E-state index in [9.17, 15) is 4.79 Å². The topological polar surface area (TPSA) is 50.2 Å². The van der Waals surface area contributed by atoms with Gasteiger partial charge in [0.05, 0.1) is 22.3 Å². The summed E-state index contributed by atoms with van der Waals surface area (Å²) in [5, 5.41) is 2.89. The van der Waals surface area contributed by atoms with Crippen molar-refractivity contribution in [2.45, 2.75) is 6.92 Å². The van der Waals surface area contributed by atoms with Gasteiger partial charge in [-0.15, -0.1) is 11.3 Å². The van der Waals surface area contributed by atoms with E-state index in [1.807, 2.05) is 73.0 Å². The molecular formula is C21H15N3OS. The molecule has 0 radical (unpaired) electrons. The molecule has 5 heteroatoms. The molecule has 4 nitrogen and oxygen atoms in total. The monoisotopic (exact) mass is 357 g/mol. The van der Waals surface area contributed by atoms with Gasteiger partial charge >= 0.3 is 0 Å². The Bertz CT molecular complexity index is 1310. The Morgan fingerprint density at radius 1 is 1.04 bits per heavy atom. The van der Waals surface area contributed by atoms with Crippen LogP contribution in [0.1, 0.15) is 5.56 Å². The van der Waals surface area contributed by atoms with E-state index in [-0.39, 0.29) is 5.56 Å². The highest BCUT2D eigenvalue weighted by Gasteiger charge is 2.16. The first-order valence-electron chi connectivity index (χ1n) is 8.37. The van der Waals surface area contributed by atoms with Gasteiger partial charge in [-0.05, 0) is 30.7 Å². The van der Waals surface area contributed by atoms with Gasteiger partial charge in [0.15, 0.2) is 0 Å². The molecule has 5 rings (SSSR count). The van der Waals surface area contributed by atoms with Crippen molar-refractivity contribution in [1.82, 2.24) is 14.4 Å². The number of aryl methyl sites for hydroxylation is 1. The maximum Gasteiger partial charge on any atom is 0.266 e.